The summed E-state index contributed by atoms with van der Waals surface area (Å²) in [5.74, 6) is 0.743. The number of hydrogen-bond acceptors (Lipinski definition) is 5. The van der Waals surface area contributed by atoms with E-state index in [2.05, 4.69) is 25.6 Å². The van der Waals surface area contributed by atoms with Gasteiger partial charge in [-0.2, -0.15) is 18.3 Å². The summed E-state index contributed by atoms with van der Waals surface area (Å²) >= 11 is 0. The summed E-state index contributed by atoms with van der Waals surface area (Å²) in [6.07, 6.45) is 0.207. The van der Waals surface area contributed by atoms with Crippen molar-refractivity contribution in [3.63, 3.8) is 0 Å². The van der Waals surface area contributed by atoms with Crippen LogP contribution in [-0.2, 0) is 17.5 Å². The molecule has 3 heterocycles. The van der Waals surface area contributed by atoms with E-state index in [4.69, 9.17) is 4.74 Å². The molecule has 0 atom stereocenters. The highest BCUT2D eigenvalue weighted by Gasteiger charge is 2.31. The third kappa shape index (κ3) is 4.99. The van der Waals surface area contributed by atoms with Crippen LogP contribution in [0, 0.1) is 0 Å². The van der Waals surface area contributed by atoms with Gasteiger partial charge in [-0.1, -0.05) is 6.07 Å². The topological polar surface area (TPSA) is 84.3 Å². The number of alkyl halides is 3. The molecule has 0 radical (unpaired) electrons. The number of carbonyl (C=O) groups excluding carboxylic acids is 1. The van der Waals surface area contributed by atoms with Gasteiger partial charge in [0.15, 0.2) is 0 Å². The maximum Gasteiger partial charge on any atom is 0.416 e. The Labute approximate surface area is 182 Å². The molecule has 11 heteroatoms. The Balaban J connectivity index is 1.50. The molecule has 8 nitrogen and oxygen atoms in total. The van der Waals surface area contributed by atoms with Gasteiger partial charge in [0.2, 0.25) is 0 Å². The Hall–Kier alpha value is -3.60. The number of amides is 2. The van der Waals surface area contributed by atoms with Crippen LogP contribution in [0.3, 0.4) is 0 Å². The van der Waals surface area contributed by atoms with E-state index in [1.54, 1.807) is 24.5 Å². The molecule has 168 valence electrons. The largest absolute Gasteiger partial charge is 0.416 e. The van der Waals surface area contributed by atoms with Crippen molar-refractivity contribution in [2.75, 3.05) is 36.5 Å². The first-order chi connectivity index (χ1) is 15.4. The molecule has 32 heavy (non-hydrogen) atoms. The summed E-state index contributed by atoms with van der Waals surface area (Å²) in [5.41, 5.74) is 0.223. The van der Waals surface area contributed by atoms with Crippen LogP contribution in [0.2, 0.25) is 0 Å². The molecular weight excluding hydrogens is 425 g/mol. The lowest BCUT2D eigenvalue weighted by molar-refractivity contribution is -0.137. The van der Waals surface area contributed by atoms with E-state index >= 15 is 0 Å². The lowest BCUT2D eigenvalue weighted by atomic mass is 10.1. The van der Waals surface area contributed by atoms with E-state index in [1.165, 1.54) is 16.9 Å². The first-order valence-corrected chi connectivity index (χ1v) is 9.94. The summed E-state index contributed by atoms with van der Waals surface area (Å²) in [4.78, 5) is 19.1. The van der Waals surface area contributed by atoms with Crippen molar-refractivity contribution in [1.29, 1.82) is 0 Å². The van der Waals surface area contributed by atoms with Crippen molar-refractivity contribution in [3.8, 4) is 5.69 Å². The van der Waals surface area contributed by atoms with E-state index in [1.807, 2.05) is 6.07 Å². The van der Waals surface area contributed by atoms with Crippen molar-refractivity contribution in [3.05, 3.63) is 66.1 Å². The zero-order chi connectivity index (χ0) is 22.6. The normalized spacial score (nSPS) is 14.3. The van der Waals surface area contributed by atoms with Crippen LogP contribution in [0.5, 0.6) is 0 Å². The fourth-order valence-electron chi connectivity index (χ4n) is 3.39. The number of urea groups is 1. The number of nitrogens with one attached hydrogen (secondary N) is 2. The highest BCUT2D eigenvalue weighted by Crippen LogP contribution is 2.33. The second-order valence-electron chi connectivity index (χ2n) is 7.07. The molecule has 4 rings (SSSR count). The van der Waals surface area contributed by atoms with Crippen LogP contribution in [-0.4, -0.2) is 47.1 Å². The zero-order valence-electron chi connectivity index (χ0n) is 17.0. The number of anilines is 2. The van der Waals surface area contributed by atoms with Gasteiger partial charge in [-0.3, -0.25) is 0 Å². The van der Waals surface area contributed by atoms with Crippen molar-refractivity contribution < 1.29 is 22.7 Å². The van der Waals surface area contributed by atoms with E-state index in [9.17, 15) is 18.0 Å². The lowest BCUT2D eigenvalue weighted by Gasteiger charge is -2.29. The number of pyridine rings is 1. The minimum Gasteiger partial charge on any atom is -0.378 e. The minimum atomic E-state index is -4.54. The molecule has 2 aromatic heterocycles. The summed E-state index contributed by atoms with van der Waals surface area (Å²) < 4.78 is 46.3. The number of halogens is 3. The first-order valence-electron chi connectivity index (χ1n) is 9.94. The summed E-state index contributed by atoms with van der Waals surface area (Å²) in [5, 5.41) is 9.26. The smallest absolute Gasteiger partial charge is 0.378 e. The standard InChI is InChI=1S/C21H21F3N6O2/c22-21(23,24)16-4-5-18(30-8-2-7-27-30)17(13-16)28-20(31)26-14-15-3-1-6-25-19(15)29-9-11-32-12-10-29/h1-8,13H,9-12,14H2,(H2,26,28,31). The zero-order valence-corrected chi connectivity index (χ0v) is 17.0. The maximum absolute atomic E-state index is 13.2. The van der Waals surface area contributed by atoms with E-state index in [0.29, 0.717) is 32.0 Å². The predicted molar refractivity (Wildman–Crippen MR) is 112 cm³/mol. The van der Waals surface area contributed by atoms with Crippen molar-refractivity contribution >= 4 is 17.5 Å². The van der Waals surface area contributed by atoms with Gasteiger partial charge < -0.3 is 20.3 Å². The van der Waals surface area contributed by atoms with Crippen molar-refractivity contribution in [2.24, 2.45) is 0 Å². The van der Waals surface area contributed by atoms with Crippen molar-refractivity contribution in [2.45, 2.75) is 12.7 Å². The van der Waals surface area contributed by atoms with Gasteiger partial charge in [-0.25, -0.2) is 14.5 Å². The van der Waals surface area contributed by atoms with E-state index in [-0.39, 0.29) is 12.2 Å². The van der Waals surface area contributed by atoms with Crippen LogP contribution >= 0.6 is 0 Å². The fraction of sp³-hybridized carbons (Fsp3) is 0.286. The van der Waals surface area contributed by atoms with Crippen LogP contribution in [0.1, 0.15) is 11.1 Å². The number of ether oxygens (including phenoxy) is 1. The number of carbonyl (C=O) groups is 1. The molecule has 1 saturated heterocycles. The molecule has 2 N–H and O–H groups in total. The highest BCUT2D eigenvalue weighted by molar-refractivity contribution is 5.91. The average Bonchev–Trinajstić information content (AvgIpc) is 3.32. The molecule has 1 aromatic carbocycles. The molecule has 0 bridgehead atoms. The van der Waals surface area contributed by atoms with Crippen LogP contribution < -0.4 is 15.5 Å². The first kappa shape index (κ1) is 21.6. The lowest BCUT2D eigenvalue weighted by Crippen LogP contribution is -2.38. The van der Waals surface area contributed by atoms with Gasteiger partial charge in [-0.05, 0) is 30.3 Å². The Morgan fingerprint density at radius 1 is 1.12 bits per heavy atom. The molecule has 1 aliphatic heterocycles. The average molecular weight is 446 g/mol. The molecule has 2 amide bonds. The number of rotatable bonds is 5. The van der Waals surface area contributed by atoms with E-state index < -0.39 is 17.8 Å². The van der Waals surface area contributed by atoms with Gasteiger partial charge in [0.1, 0.15) is 5.82 Å². The summed E-state index contributed by atoms with van der Waals surface area (Å²) in [6.45, 7) is 2.72. The summed E-state index contributed by atoms with van der Waals surface area (Å²) in [6, 6.07) is 7.71. The Bertz CT molecular complexity index is 1070. The molecule has 0 spiro atoms. The van der Waals surface area contributed by atoms with Gasteiger partial charge in [0.25, 0.3) is 0 Å². The Morgan fingerprint density at radius 2 is 1.94 bits per heavy atom. The SMILES string of the molecule is O=C(NCc1cccnc1N1CCOCC1)Nc1cc(C(F)(F)F)ccc1-n1cccn1. The third-order valence-corrected chi connectivity index (χ3v) is 4.94. The molecular formula is C21H21F3N6O2. The van der Waals surface area contributed by atoms with Crippen LogP contribution in [0.15, 0.2) is 55.0 Å². The van der Waals surface area contributed by atoms with E-state index in [0.717, 1.165) is 23.5 Å². The second kappa shape index (κ2) is 9.27. The molecule has 1 fully saturated rings. The highest BCUT2D eigenvalue weighted by atomic mass is 19.4. The number of morpholine rings is 1. The Kier molecular flexibility index (Phi) is 6.26. The van der Waals surface area contributed by atoms with Crippen molar-refractivity contribution in [1.82, 2.24) is 20.1 Å². The molecule has 3 aromatic rings. The number of benzene rings is 1. The second-order valence-corrected chi connectivity index (χ2v) is 7.07. The molecule has 1 aliphatic rings. The Morgan fingerprint density at radius 3 is 2.66 bits per heavy atom. The fourth-order valence-corrected chi connectivity index (χ4v) is 3.39. The van der Waals surface area contributed by atoms with Gasteiger partial charge in [0, 0.05) is 43.8 Å². The number of aromatic nitrogens is 3. The minimum absolute atomic E-state index is 0.0133. The van der Waals surface area contributed by atoms with Gasteiger partial charge in [-0.15, -0.1) is 0 Å². The van der Waals surface area contributed by atoms with Gasteiger partial charge >= 0.3 is 12.2 Å². The maximum atomic E-state index is 13.2. The summed E-state index contributed by atoms with van der Waals surface area (Å²) in [7, 11) is 0. The third-order valence-electron chi connectivity index (χ3n) is 4.94. The molecule has 0 unspecified atom stereocenters. The monoisotopic (exact) mass is 446 g/mol. The molecule has 0 saturated carbocycles. The van der Waals surface area contributed by atoms with Crippen LogP contribution in [0.4, 0.5) is 29.5 Å². The number of nitrogens with zero attached hydrogens (tertiary/aromatic N) is 4. The quantitative estimate of drug-likeness (QED) is 0.627. The number of hydrogen-bond donors (Lipinski definition) is 2. The predicted octanol–water partition coefficient (Wildman–Crippen LogP) is 3.44. The van der Waals surface area contributed by atoms with Gasteiger partial charge in [0.05, 0.1) is 30.2 Å². The van der Waals surface area contributed by atoms with Crippen LogP contribution in [0.25, 0.3) is 5.69 Å². The molecule has 0 aliphatic carbocycles.